The number of carbonyl (C=O) groups is 1. The van der Waals surface area contributed by atoms with Crippen LogP contribution in [0.5, 0.6) is 5.75 Å². The minimum atomic E-state index is -1.08. The molecule has 0 fully saturated rings. The lowest BCUT2D eigenvalue weighted by Gasteiger charge is -2.19. The average molecular weight is 317 g/mol. The van der Waals surface area contributed by atoms with E-state index in [0.717, 1.165) is 0 Å². The molecule has 0 saturated carbocycles. The lowest BCUT2D eigenvalue weighted by atomic mass is 9.90. The van der Waals surface area contributed by atoms with Gasteiger partial charge in [-0.2, -0.15) is 5.26 Å². The van der Waals surface area contributed by atoms with E-state index in [9.17, 15) is 4.79 Å². The molecule has 0 amide bonds. The fourth-order valence-electron chi connectivity index (χ4n) is 1.02. The van der Waals surface area contributed by atoms with Crippen molar-refractivity contribution in [2.45, 2.75) is 18.9 Å². The molecule has 1 atom stereocenters. The number of rotatable bonds is 4. The van der Waals surface area contributed by atoms with E-state index < -0.39 is 10.4 Å². The first-order valence-electron chi connectivity index (χ1n) is 4.88. The van der Waals surface area contributed by atoms with Crippen molar-refractivity contribution in [3.63, 3.8) is 0 Å². The van der Waals surface area contributed by atoms with Gasteiger partial charge in [0, 0.05) is 5.02 Å². The standard InChI is InChI=1S/C12H11BrClNO2/c1-12(2,7-15)10(16)11(13)17-9-5-3-8(14)4-6-9/h3-6,11H,1-2H3. The van der Waals surface area contributed by atoms with Crippen molar-refractivity contribution in [3.05, 3.63) is 29.3 Å². The summed E-state index contributed by atoms with van der Waals surface area (Å²) >= 11 is 8.85. The van der Waals surface area contributed by atoms with Crippen LogP contribution in [0.25, 0.3) is 0 Å². The summed E-state index contributed by atoms with van der Waals surface area (Å²) in [6.07, 6.45) is 0. The first kappa shape index (κ1) is 14.0. The SMILES string of the molecule is CC(C)(C#N)C(=O)C(Br)Oc1ccc(Cl)cc1. The highest BCUT2D eigenvalue weighted by Gasteiger charge is 2.33. The van der Waals surface area contributed by atoms with E-state index in [-0.39, 0.29) is 5.78 Å². The lowest BCUT2D eigenvalue weighted by Crippen LogP contribution is -2.33. The number of alkyl halides is 1. The molecule has 0 aromatic heterocycles. The molecule has 1 rings (SSSR count). The summed E-state index contributed by atoms with van der Waals surface area (Å²) in [5.41, 5.74) is -1.08. The maximum Gasteiger partial charge on any atom is 0.212 e. The number of carbonyl (C=O) groups excluding carboxylic acids is 1. The van der Waals surface area contributed by atoms with Crippen LogP contribution in [0, 0.1) is 16.7 Å². The van der Waals surface area contributed by atoms with Crippen LogP contribution in [0.1, 0.15) is 13.8 Å². The largest absolute Gasteiger partial charge is 0.471 e. The van der Waals surface area contributed by atoms with Gasteiger partial charge in [-0.15, -0.1) is 0 Å². The van der Waals surface area contributed by atoms with Crippen LogP contribution in [0.3, 0.4) is 0 Å². The Labute approximate surface area is 113 Å². The quantitative estimate of drug-likeness (QED) is 0.798. The van der Waals surface area contributed by atoms with Crippen molar-refractivity contribution < 1.29 is 9.53 Å². The molecule has 0 aliphatic carbocycles. The molecule has 1 aromatic carbocycles. The van der Waals surface area contributed by atoms with E-state index in [0.29, 0.717) is 10.8 Å². The zero-order valence-electron chi connectivity index (χ0n) is 9.41. The number of nitrogens with zero attached hydrogens (tertiary/aromatic N) is 1. The van der Waals surface area contributed by atoms with Crippen molar-refractivity contribution in [3.8, 4) is 11.8 Å². The van der Waals surface area contributed by atoms with E-state index in [4.69, 9.17) is 21.6 Å². The number of hydrogen-bond acceptors (Lipinski definition) is 3. The Hall–Kier alpha value is -1.05. The molecule has 17 heavy (non-hydrogen) atoms. The monoisotopic (exact) mass is 315 g/mol. The van der Waals surface area contributed by atoms with E-state index in [2.05, 4.69) is 15.9 Å². The Morgan fingerprint density at radius 1 is 1.47 bits per heavy atom. The Balaban J connectivity index is 2.74. The fraction of sp³-hybridized carbons (Fsp3) is 0.333. The molecular weight excluding hydrogens is 305 g/mol. The second-order valence-corrected chi connectivity index (χ2v) is 5.26. The number of hydrogen-bond donors (Lipinski definition) is 0. The van der Waals surface area contributed by atoms with E-state index >= 15 is 0 Å². The molecule has 0 N–H and O–H groups in total. The molecule has 0 spiro atoms. The molecule has 5 heteroatoms. The third kappa shape index (κ3) is 3.72. The Bertz CT molecular complexity index is 451. The third-order valence-electron chi connectivity index (χ3n) is 2.15. The highest BCUT2D eigenvalue weighted by molar-refractivity contribution is 9.09. The number of ether oxygens (including phenoxy) is 1. The highest BCUT2D eigenvalue weighted by atomic mass is 79.9. The molecule has 3 nitrogen and oxygen atoms in total. The molecular formula is C12H11BrClNO2. The van der Waals surface area contributed by atoms with Crippen molar-refractivity contribution in [1.29, 1.82) is 5.26 Å². The van der Waals surface area contributed by atoms with Crippen molar-refractivity contribution in [2.75, 3.05) is 0 Å². The normalized spacial score (nSPS) is 12.6. The summed E-state index contributed by atoms with van der Waals surface area (Å²) in [5.74, 6) is 0.188. The summed E-state index contributed by atoms with van der Waals surface area (Å²) in [5, 5.41) is 8.59. The van der Waals surface area contributed by atoms with Gasteiger partial charge in [-0.25, -0.2) is 0 Å². The molecule has 1 unspecified atom stereocenters. The number of halogens is 2. The lowest BCUT2D eigenvalue weighted by molar-refractivity contribution is -0.127. The maximum absolute atomic E-state index is 11.8. The van der Waals surface area contributed by atoms with Crippen LogP contribution >= 0.6 is 27.5 Å². The summed E-state index contributed by atoms with van der Waals surface area (Å²) in [6.45, 7) is 3.10. The first-order chi connectivity index (χ1) is 7.86. The summed E-state index contributed by atoms with van der Waals surface area (Å²) in [4.78, 5) is 11.8. The van der Waals surface area contributed by atoms with Gasteiger partial charge in [-0.3, -0.25) is 4.79 Å². The van der Waals surface area contributed by atoms with Gasteiger partial charge >= 0.3 is 0 Å². The van der Waals surface area contributed by atoms with Crippen LogP contribution in [-0.2, 0) is 4.79 Å². The first-order valence-corrected chi connectivity index (χ1v) is 6.18. The Kier molecular flexibility index (Phi) is 4.55. The zero-order valence-corrected chi connectivity index (χ0v) is 11.7. The minimum Gasteiger partial charge on any atom is -0.471 e. The van der Waals surface area contributed by atoms with E-state index in [1.54, 1.807) is 38.1 Å². The van der Waals surface area contributed by atoms with Crippen molar-refractivity contribution in [2.24, 2.45) is 5.41 Å². The molecule has 0 heterocycles. The molecule has 0 aliphatic heterocycles. The number of Topliss-reactive ketones (excluding diaryl/α,β-unsaturated/α-hetero) is 1. The average Bonchev–Trinajstić information content (AvgIpc) is 2.31. The van der Waals surface area contributed by atoms with Gasteiger partial charge in [0.25, 0.3) is 0 Å². The van der Waals surface area contributed by atoms with Gasteiger partial charge in [0.15, 0.2) is 0 Å². The maximum atomic E-state index is 11.8. The highest BCUT2D eigenvalue weighted by Crippen LogP contribution is 2.24. The van der Waals surface area contributed by atoms with Gasteiger partial charge in [0.1, 0.15) is 11.2 Å². The molecule has 0 radical (unpaired) electrons. The van der Waals surface area contributed by atoms with Crippen LogP contribution in [0.15, 0.2) is 24.3 Å². The Morgan fingerprint density at radius 2 is 2.00 bits per heavy atom. The molecule has 1 aromatic rings. The second-order valence-electron chi connectivity index (χ2n) is 3.99. The number of ketones is 1. The molecule has 90 valence electrons. The van der Waals surface area contributed by atoms with Crippen molar-refractivity contribution in [1.82, 2.24) is 0 Å². The summed E-state index contributed by atoms with van der Waals surface area (Å²) in [7, 11) is 0. The van der Waals surface area contributed by atoms with Crippen LogP contribution in [-0.4, -0.2) is 10.8 Å². The molecule has 0 aliphatic rings. The number of benzene rings is 1. The van der Waals surface area contributed by atoms with Gasteiger partial charge < -0.3 is 4.74 Å². The summed E-state index contributed by atoms with van der Waals surface area (Å²) in [6, 6.07) is 8.57. The molecule has 0 saturated heterocycles. The van der Waals surface area contributed by atoms with Gasteiger partial charge in [-0.05, 0) is 54.0 Å². The molecule has 0 bridgehead atoms. The number of nitriles is 1. The van der Waals surface area contributed by atoms with Gasteiger partial charge in [0.2, 0.25) is 10.8 Å². The summed E-state index contributed by atoms with van der Waals surface area (Å²) < 4.78 is 5.38. The van der Waals surface area contributed by atoms with Crippen LogP contribution in [0.4, 0.5) is 0 Å². The minimum absolute atomic E-state index is 0.324. The smallest absolute Gasteiger partial charge is 0.212 e. The second kappa shape index (κ2) is 5.52. The Morgan fingerprint density at radius 3 is 2.47 bits per heavy atom. The zero-order chi connectivity index (χ0) is 13.1. The fourth-order valence-corrected chi connectivity index (χ4v) is 1.94. The topological polar surface area (TPSA) is 50.1 Å². The third-order valence-corrected chi connectivity index (χ3v) is 3.01. The van der Waals surface area contributed by atoms with Crippen LogP contribution < -0.4 is 4.74 Å². The predicted molar refractivity (Wildman–Crippen MR) is 69.2 cm³/mol. The predicted octanol–water partition coefficient (Wildman–Crippen LogP) is 3.56. The van der Waals surface area contributed by atoms with Gasteiger partial charge in [0.05, 0.1) is 6.07 Å². The van der Waals surface area contributed by atoms with Crippen LogP contribution in [0.2, 0.25) is 5.02 Å². The van der Waals surface area contributed by atoms with E-state index in [1.165, 1.54) is 0 Å². The van der Waals surface area contributed by atoms with Crippen molar-refractivity contribution >= 4 is 33.3 Å². The van der Waals surface area contributed by atoms with Gasteiger partial charge in [-0.1, -0.05) is 11.6 Å². The van der Waals surface area contributed by atoms with E-state index in [1.807, 2.05) is 6.07 Å².